The molecule has 0 bridgehead atoms. The number of nitrogens with zero attached hydrogens (tertiary/aromatic N) is 5. The molecule has 1 fully saturated rings. The fourth-order valence-electron chi connectivity index (χ4n) is 11.7. The number of pyridine rings is 4. The molecular weight excluding hydrogens is 2420 g/mol. The maximum absolute atomic E-state index is 10.0. The summed E-state index contributed by atoms with van der Waals surface area (Å²) in [5.74, 6) is 0.881. The van der Waals surface area contributed by atoms with Crippen molar-refractivity contribution in [1.82, 2.24) is 24.9 Å². The first-order chi connectivity index (χ1) is 55.1. The first kappa shape index (κ1) is 108. The fraction of sp³-hybridized carbons (Fsp3) is 0.184. The van der Waals surface area contributed by atoms with E-state index in [4.69, 9.17) is 29.9 Å². The van der Waals surface area contributed by atoms with Gasteiger partial charge >= 0.3 is 0 Å². The van der Waals surface area contributed by atoms with Crippen molar-refractivity contribution in [2.45, 2.75) is 115 Å². The Balaban J connectivity index is 0.000000683. The van der Waals surface area contributed by atoms with Crippen molar-refractivity contribution in [1.29, 1.82) is 0 Å². The summed E-state index contributed by atoms with van der Waals surface area (Å²) in [7, 11) is 0. The maximum atomic E-state index is 10.0. The summed E-state index contributed by atoms with van der Waals surface area (Å²) in [6, 6.07) is 90.4. The number of carbonyl (C=O) groups excluding carboxylic acids is 5. The number of hydrogen-bond donors (Lipinski definition) is 5. The average molecular weight is 2510 g/mol. The minimum Gasteiger partial charge on any atom is -0.512 e. The molecule has 1 unspecified atom stereocenters. The molecule has 120 heavy (non-hydrogen) atoms. The van der Waals surface area contributed by atoms with Gasteiger partial charge in [0.15, 0.2) is 28.9 Å². The van der Waals surface area contributed by atoms with Crippen molar-refractivity contribution in [3.8, 4) is 44.5 Å². The molecule has 5 N–H and O–H groups in total. The van der Waals surface area contributed by atoms with Crippen LogP contribution in [0.5, 0.6) is 0 Å². The Morgan fingerprint density at radius 2 is 0.875 bits per heavy atom. The summed E-state index contributed by atoms with van der Waals surface area (Å²) in [4.78, 5) is 73.5. The number of aliphatic hydroxyl groups excluding tert-OH is 5. The van der Waals surface area contributed by atoms with Crippen molar-refractivity contribution in [2.75, 3.05) is 0 Å². The van der Waals surface area contributed by atoms with Gasteiger partial charge in [0.05, 0.1) is 39.8 Å². The predicted molar refractivity (Wildman–Crippen MR) is 465 cm³/mol. The van der Waals surface area contributed by atoms with Crippen LogP contribution in [0.1, 0.15) is 120 Å². The van der Waals surface area contributed by atoms with Crippen molar-refractivity contribution in [3.05, 3.63) is 343 Å². The third-order valence-electron chi connectivity index (χ3n) is 16.7. The SMILES string of the molecule is CC(=O)C=C(C)O.CC(=O)C=C(C)O.CC(=O)C=C(C)O.CC(=O)C=C(C)O.CC(=O)C=C(C)O.CC(c1ccnc2c1ccc1ccc[c-]c12)C1(C)CCCC1.[Ir].[Ir].[Ir].[Ir].[Ir].[c-]1ccccc1-c1ccc2ccccc2n1.[c-]1ccccc1-c1nc2ccccc2o1.[c-]1ccccc1-c1nccc2ccccc12.[c-]1ccsc1-c1ccccn1. The molecule has 6 heterocycles. The Morgan fingerprint density at radius 1 is 0.408 bits per heavy atom. The summed E-state index contributed by atoms with van der Waals surface area (Å²) in [6.07, 6.45) is 16.9. The molecule has 6 aromatic heterocycles. The second-order valence-electron chi connectivity index (χ2n) is 26.8. The maximum Gasteiger partial charge on any atom is 0.155 e. The van der Waals surface area contributed by atoms with Crippen molar-refractivity contribution in [2.24, 2.45) is 5.41 Å². The molecule has 15 rings (SSSR count). The Labute approximate surface area is 775 Å². The van der Waals surface area contributed by atoms with Gasteiger partial charge in [-0.1, -0.05) is 128 Å². The van der Waals surface area contributed by atoms with Gasteiger partial charge in [-0.2, -0.15) is 12.1 Å². The largest absolute Gasteiger partial charge is 0.512 e. The zero-order valence-corrected chi connectivity index (χ0v) is 81.3. The van der Waals surface area contributed by atoms with Crippen molar-refractivity contribution in [3.63, 3.8) is 0 Å². The van der Waals surface area contributed by atoms with Crippen LogP contribution in [0.2, 0.25) is 0 Å². The van der Waals surface area contributed by atoms with E-state index in [1.807, 2.05) is 194 Å². The number of benzene rings is 8. The van der Waals surface area contributed by atoms with E-state index in [-0.39, 0.29) is 158 Å². The van der Waals surface area contributed by atoms with E-state index in [0.717, 1.165) is 66.2 Å². The smallest absolute Gasteiger partial charge is 0.155 e. The first-order valence-electron chi connectivity index (χ1n) is 37.0. The molecular formula is C98H96Ir5N5O11S-5. The Morgan fingerprint density at radius 3 is 1.37 bits per heavy atom. The number of rotatable bonds is 11. The zero-order valence-electron chi connectivity index (χ0n) is 68.5. The number of thiophene rings is 1. The molecule has 0 spiro atoms. The van der Waals surface area contributed by atoms with Crippen LogP contribution in [0.4, 0.5) is 0 Å². The number of ketones is 5. The molecule has 0 aliphatic heterocycles. The fourth-order valence-corrected chi connectivity index (χ4v) is 12.4. The van der Waals surface area contributed by atoms with Crippen LogP contribution >= 0.6 is 11.3 Å². The minimum absolute atomic E-state index is 0. The van der Waals surface area contributed by atoms with Gasteiger partial charge in [-0.15, -0.1) is 143 Å². The molecule has 1 saturated carbocycles. The Kier molecular flexibility index (Phi) is 52.1. The van der Waals surface area contributed by atoms with Gasteiger partial charge in [-0.05, 0) is 180 Å². The predicted octanol–water partition coefficient (Wildman–Crippen LogP) is 24.4. The number of aliphatic hydroxyl groups is 5. The summed E-state index contributed by atoms with van der Waals surface area (Å²) >= 11 is 1.66. The summed E-state index contributed by atoms with van der Waals surface area (Å²) < 4.78 is 5.61. The molecule has 635 valence electrons. The molecule has 5 radical (unpaired) electrons. The Hall–Kier alpha value is -10.1. The normalized spacial score (nSPS) is 11.8. The number of carbonyl (C=O) groups is 5. The van der Waals surface area contributed by atoms with E-state index in [2.05, 4.69) is 118 Å². The van der Waals surface area contributed by atoms with Crippen molar-refractivity contribution >= 4 is 94.7 Å². The van der Waals surface area contributed by atoms with E-state index in [1.165, 1.54) is 158 Å². The van der Waals surface area contributed by atoms with Gasteiger partial charge in [0.2, 0.25) is 0 Å². The third-order valence-corrected chi connectivity index (χ3v) is 17.6. The van der Waals surface area contributed by atoms with Crippen LogP contribution in [-0.2, 0) is 124 Å². The zero-order chi connectivity index (χ0) is 83.7. The topological polar surface area (TPSA) is 264 Å². The Bertz CT molecular complexity index is 5380. The summed E-state index contributed by atoms with van der Waals surface area (Å²) in [5.41, 5.74) is 11.6. The van der Waals surface area contributed by atoms with Crippen LogP contribution in [0.15, 0.2) is 312 Å². The van der Waals surface area contributed by atoms with Gasteiger partial charge in [0.1, 0.15) is 11.5 Å². The van der Waals surface area contributed by atoms with Crippen LogP contribution in [0.25, 0.3) is 99.0 Å². The monoisotopic (exact) mass is 2520 g/mol. The molecule has 1 aliphatic carbocycles. The van der Waals surface area contributed by atoms with Gasteiger partial charge in [0.25, 0.3) is 0 Å². The number of allylic oxidation sites excluding steroid dienone is 10. The number of oxazole rings is 1. The average Bonchev–Trinajstić information content (AvgIpc) is 1.15. The standard InChI is InChI=1S/C21H22N.2C15H10N.C13H8NO.C9H6NS.5C5H8O2.5Ir/c1-15(21(2)12-5-6-13-21)17-11-14-22-20-18-8-4-3-7-16(18)9-10-19(17)20;1-2-7-13(8-3-1)15-14-9-5-4-6-12(14)10-11-16-15;1-2-6-12(7-3-1)15-11-10-13-8-4-5-9-14(13)16-15;1-2-6-10(7-3-1)13-14-11-8-4-5-9-12(11)15-13;1-2-6-10-8(4-1)9-5-3-7-11-9;5*1-4(6)3-5(2)7;;;;;/h3-4,7,9-11,14-15H,5-6,12-13H2,1-2H3;1-7,9-11H;1-6,8-11H;1-6,8-9H;1-4,6-7H;5*3,6H,1-2H3;;;;;/q5*-1;;;;;;;;;;. The van der Waals surface area contributed by atoms with Crippen molar-refractivity contribution < 1.29 is 154 Å². The van der Waals surface area contributed by atoms with Gasteiger partial charge in [-0.25, -0.2) is 11.3 Å². The first-order valence-corrected chi connectivity index (χ1v) is 37.9. The van der Waals surface area contributed by atoms with E-state index in [9.17, 15) is 24.0 Å². The molecule has 8 aromatic carbocycles. The molecule has 0 amide bonds. The van der Waals surface area contributed by atoms with E-state index < -0.39 is 0 Å². The second kappa shape index (κ2) is 57.9. The quantitative estimate of drug-likeness (QED) is 0.0349. The number of hydrogen-bond acceptors (Lipinski definition) is 17. The van der Waals surface area contributed by atoms with E-state index >= 15 is 0 Å². The van der Waals surface area contributed by atoms with E-state index in [1.54, 1.807) is 17.5 Å². The molecule has 0 saturated heterocycles. The minimum atomic E-state index is -0.125. The molecule has 16 nitrogen and oxygen atoms in total. The summed E-state index contributed by atoms with van der Waals surface area (Å²) in [6.45, 7) is 19.1. The second-order valence-corrected chi connectivity index (χ2v) is 27.7. The third kappa shape index (κ3) is 38.9. The molecule has 22 heteroatoms. The van der Waals surface area contributed by atoms with Crippen LogP contribution in [0, 0.1) is 35.7 Å². The van der Waals surface area contributed by atoms with Crippen LogP contribution < -0.4 is 0 Å². The van der Waals surface area contributed by atoms with Gasteiger partial charge < -0.3 is 44.9 Å². The van der Waals surface area contributed by atoms with Gasteiger partial charge in [-0.3, -0.25) is 33.9 Å². The number of para-hydroxylation sites is 3. The van der Waals surface area contributed by atoms with Gasteiger partial charge in [0, 0.05) is 149 Å². The van der Waals surface area contributed by atoms with Crippen LogP contribution in [0.3, 0.4) is 0 Å². The molecule has 1 atom stereocenters. The summed E-state index contributed by atoms with van der Waals surface area (Å²) in [5, 5.41) is 51.0. The molecule has 14 aromatic rings. The number of aromatic nitrogens is 5. The van der Waals surface area contributed by atoms with E-state index in [0.29, 0.717) is 17.2 Å². The number of fused-ring (bicyclic) bond motifs is 6. The van der Waals surface area contributed by atoms with Crippen LogP contribution in [-0.4, -0.2) is 79.4 Å². The molecule has 1 aliphatic rings.